The summed E-state index contributed by atoms with van der Waals surface area (Å²) in [5.74, 6) is -0.372. The molecular formula is C14H17N3O3. The van der Waals surface area contributed by atoms with E-state index in [2.05, 4.69) is 15.6 Å². The quantitative estimate of drug-likeness (QED) is 0.832. The lowest BCUT2D eigenvalue weighted by atomic mass is 10.1. The first-order valence-corrected chi connectivity index (χ1v) is 6.72. The van der Waals surface area contributed by atoms with Crippen molar-refractivity contribution in [2.75, 3.05) is 25.5 Å². The molecule has 2 heterocycles. The average molecular weight is 275 g/mol. The van der Waals surface area contributed by atoms with Crippen LogP contribution in [0.25, 0.3) is 11.1 Å². The molecule has 6 nitrogen and oxygen atoms in total. The molecule has 2 aromatic rings. The van der Waals surface area contributed by atoms with Gasteiger partial charge in [0.2, 0.25) is 0 Å². The van der Waals surface area contributed by atoms with Gasteiger partial charge in [-0.3, -0.25) is 0 Å². The first kappa shape index (κ1) is 12.9. The van der Waals surface area contributed by atoms with E-state index in [0.717, 1.165) is 25.9 Å². The molecule has 106 valence electrons. The number of anilines is 1. The first-order valence-electron chi connectivity index (χ1n) is 6.72. The molecule has 0 spiro atoms. The molecule has 1 fully saturated rings. The molecule has 0 unspecified atom stereocenters. The van der Waals surface area contributed by atoms with Gasteiger partial charge in [-0.05, 0) is 44.1 Å². The molecule has 1 aliphatic rings. The number of ether oxygens (including phenoxy) is 1. The lowest BCUT2D eigenvalue weighted by molar-refractivity contribution is 0.0601. The minimum absolute atomic E-state index is 0.372. The summed E-state index contributed by atoms with van der Waals surface area (Å²) in [5, 5.41) is 6.61. The molecule has 1 saturated heterocycles. The summed E-state index contributed by atoms with van der Waals surface area (Å²) in [6, 6.07) is 5.98. The number of benzene rings is 1. The minimum Gasteiger partial charge on any atom is -0.465 e. The third-order valence-electron chi connectivity index (χ3n) is 3.48. The van der Waals surface area contributed by atoms with Crippen LogP contribution in [0.2, 0.25) is 0 Å². The van der Waals surface area contributed by atoms with Crippen molar-refractivity contribution < 1.29 is 13.9 Å². The maximum Gasteiger partial charge on any atom is 0.337 e. The van der Waals surface area contributed by atoms with Crippen LogP contribution in [-0.2, 0) is 4.74 Å². The highest BCUT2D eigenvalue weighted by Crippen LogP contribution is 2.22. The number of carbonyl (C=O) groups is 1. The Morgan fingerprint density at radius 1 is 1.45 bits per heavy atom. The molecule has 20 heavy (non-hydrogen) atoms. The molecule has 0 amide bonds. The highest BCUT2D eigenvalue weighted by molar-refractivity contribution is 5.93. The van der Waals surface area contributed by atoms with Gasteiger partial charge < -0.3 is 19.8 Å². The second kappa shape index (κ2) is 5.50. The van der Waals surface area contributed by atoms with Crippen molar-refractivity contribution in [1.29, 1.82) is 0 Å². The SMILES string of the molecule is COC(=O)c1ccc2oc(NC3CCNCC3)nc2c1. The van der Waals surface area contributed by atoms with E-state index in [9.17, 15) is 4.79 Å². The van der Waals surface area contributed by atoms with E-state index >= 15 is 0 Å². The second-order valence-corrected chi connectivity index (χ2v) is 4.86. The zero-order valence-electron chi connectivity index (χ0n) is 11.3. The van der Waals surface area contributed by atoms with Crippen LogP contribution in [0.5, 0.6) is 0 Å². The molecule has 1 aliphatic heterocycles. The first-order chi connectivity index (χ1) is 9.76. The van der Waals surface area contributed by atoms with Gasteiger partial charge in [-0.25, -0.2) is 4.79 Å². The normalized spacial score (nSPS) is 16.2. The van der Waals surface area contributed by atoms with E-state index in [0.29, 0.717) is 28.7 Å². The number of nitrogens with one attached hydrogen (secondary N) is 2. The largest absolute Gasteiger partial charge is 0.465 e. The monoisotopic (exact) mass is 275 g/mol. The Kier molecular flexibility index (Phi) is 3.56. The number of piperidine rings is 1. The van der Waals surface area contributed by atoms with Gasteiger partial charge in [-0.1, -0.05) is 0 Å². The molecule has 3 rings (SSSR count). The van der Waals surface area contributed by atoms with Crippen LogP contribution in [0.1, 0.15) is 23.2 Å². The number of rotatable bonds is 3. The van der Waals surface area contributed by atoms with Gasteiger partial charge in [0.1, 0.15) is 5.52 Å². The summed E-state index contributed by atoms with van der Waals surface area (Å²) in [6.45, 7) is 2.01. The fourth-order valence-electron chi connectivity index (χ4n) is 2.37. The van der Waals surface area contributed by atoms with Gasteiger partial charge in [-0.2, -0.15) is 4.98 Å². The Morgan fingerprint density at radius 3 is 3.00 bits per heavy atom. The molecule has 1 aromatic carbocycles. The molecule has 0 bridgehead atoms. The number of hydrogen-bond acceptors (Lipinski definition) is 6. The highest BCUT2D eigenvalue weighted by Gasteiger charge is 2.16. The molecule has 1 aromatic heterocycles. The highest BCUT2D eigenvalue weighted by atomic mass is 16.5. The number of methoxy groups -OCH3 is 1. The van der Waals surface area contributed by atoms with Crippen molar-refractivity contribution in [3.05, 3.63) is 23.8 Å². The predicted octanol–water partition coefficient (Wildman–Crippen LogP) is 1.78. The van der Waals surface area contributed by atoms with E-state index in [1.807, 2.05) is 0 Å². The van der Waals surface area contributed by atoms with E-state index in [-0.39, 0.29) is 5.97 Å². The Bertz CT molecular complexity index is 617. The van der Waals surface area contributed by atoms with Crippen LogP contribution in [0, 0.1) is 0 Å². The Hall–Kier alpha value is -2.08. The van der Waals surface area contributed by atoms with Crippen molar-refractivity contribution in [2.24, 2.45) is 0 Å². The fraction of sp³-hybridized carbons (Fsp3) is 0.429. The third-order valence-corrected chi connectivity index (χ3v) is 3.48. The van der Waals surface area contributed by atoms with Crippen molar-refractivity contribution in [2.45, 2.75) is 18.9 Å². The van der Waals surface area contributed by atoms with Gasteiger partial charge >= 0.3 is 5.97 Å². The Labute approximate surface area is 116 Å². The molecule has 0 saturated carbocycles. The van der Waals surface area contributed by atoms with Crippen LogP contribution >= 0.6 is 0 Å². The van der Waals surface area contributed by atoms with Crippen molar-refractivity contribution in [1.82, 2.24) is 10.3 Å². The van der Waals surface area contributed by atoms with Crippen molar-refractivity contribution >= 4 is 23.1 Å². The topological polar surface area (TPSA) is 76.4 Å². The van der Waals surface area contributed by atoms with Gasteiger partial charge in [0.05, 0.1) is 12.7 Å². The average Bonchev–Trinajstić information content (AvgIpc) is 2.88. The number of nitrogens with zero attached hydrogens (tertiary/aromatic N) is 1. The van der Waals surface area contributed by atoms with Crippen LogP contribution in [-0.4, -0.2) is 37.2 Å². The lowest BCUT2D eigenvalue weighted by Crippen LogP contribution is -2.35. The predicted molar refractivity (Wildman–Crippen MR) is 74.9 cm³/mol. The fourth-order valence-corrected chi connectivity index (χ4v) is 2.37. The van der Waals surface area contributed by atoms with E-state index in [1.54, 1.807) is 18.2 Å². The maximum atomic E-state index is 11.5. The number of aromatic nitrogens is 1. The van der Waals surface area contributed by atoms with Gasteiger partial charge in [-0.15, -0.1) is 0 Å². The number of hydrogen-bond donors (Lipinski definition) is 2. The van der Waals surface area contributed by atoms with Crippen LogP contribution < -0.4 is 10.6 Å². The number of esters is 1. The van der Waals surface area contributed by atoms with Crippen LogP contribution in [0.4, 0.5) is 6.01 Å². The van der Waals surface area contributed by atoms with Gasteiger partial charge in [0, 0.05) is 6.04 Å². The summed E-state index contributed by atoms with van der Waals surface area (Å²) >= 11 is 0. The van der Waals surface area contributed by atoms with E-state index < -0.39 is 0 Å². The zero-order valence-corrected chi connectivity index (χ0v) is 11.3. The van der Waals surface area contributed by atoms with Crippen molar-refractivity contribution in [3.8, 4) is 0 Å². The molecule has 6 heteroatoms. The number of carbonyl (C=O) groups excluding carboxylic acids is 1. The molecule has 0 radical (unpaired) electrons. The van der Waals surface area contributed by atoms with Crippen LogP contribution in [0.3, 0.4) is 0 Å². The summed E-state index contributed by atoms with van der Waals surface area (Å²) in [7, 11) is 1.36. The molecule has 2 N–H and O–H groups in total. The third kappa shape index (κ3) is 2.60. The number of fused-ring (bicyclic) bond motifs is 1. The van der Waals surface area contributed by atoms with Gasteiger partial charge in [0.15, 0.2) is 5.58 Å². The summed E-state index contributed by atoms with van der Waals surface area (Å²) in [4.78, 5) is 15.9. The smallest absolute Gasteiger partial charge is 0.337 e. The lowest BCUT2D eigenvalue weighted by Gasteiger charge is -2.22. The maximum absolute atomic E-state index is 11.5. The van der Waals surface area contributed by atoms with Crippen molar-refractivity contribution in [3.63, 3.8) is 0 Å². The van der Waals surface area contributed by atoms with E-state index in [1.165, 1.54) is 7.11 Å². The molecule has 0 atom stereocenters. The zero-order chi connectivity index (χ0) is 13.9. The standard InChI is InChI=1S/C14H17N3O3/c1-19-13(18)9-2-3-12-11(8-9)17-14(20-12)16-10-4-6-15-7-5-10/h2-3,8,10,15H,4-7H2,1H3,(H,16,17). The summed E-state index contributed by atoms with van der Waals surface area (Å²) < 4.78 is 10.3. The minimum atomic E-state index is -0.372. The van der Waals surface area contributed by atoms with E-state index in [4.69, 9.17) is 9.15 Å². The van der Waals surface area contributed by atoms with Crippen LogP contribution in [0.15, 0.2) is 22.6 Å². The number of oxazole rings is 1. The summed E-state index contributed by atoms with van der Waals surface area (Å²) in [5.41, 5.74) is 1.79. The Morgan fingerprint density at radius 2 is 2.25 bits per heavy atom. The second-order valence-electron chi connectivity index (χ2n) is 4.86. The molecule has 0 aliphatic carbocycles. The summed E-state index contributed by atoms with van der Waals surface area (Å²) in [6.07, 6.45) is 2.10. The Balaban J connectivity index is 1.81. The molecular weight excluding hydrogens is 258 g/mol. The van der Waals surface area contributed by atoms with Gasteiger partial charge in [0.25, 0.3) is 6.01 Å².